The average molecular weight is 172 g/mol. The predicted molar refractivity (Wildman–Crippen MR) is 43.4 cm³/mol. The van der Waals surface area contributed by atoms with E-state index in [-0.39, 0.29) is 0 Å². The van der Waals surface area contributed by atoms with Crippen molar-refractivity contribution in [3.63, 3.8) is 0 Å². The highest BCUT2D eigenvalue weighted by Gasteiger charge is 2.01. The summed E-state index contributed by atoms with van der Waals surface area (Å²) in [6.45, 7) is 0.515. The fourth-order valence-electron chi connectivity index (χ4n) is 1.01. The molecule has 12 heavy (non-hydrogen) atoms. The van der Waals surface area contributed by atoms with Gasteiger partial charge >= 0.3 is 0 Å². The summed E-state index contributed by atoms with van der Waals surface area (Å²) in [6.07, 6.45) is 3.09. The Labute approximate surface area is 70.6 Å². The molecule has 0 aliphatic carbocycles. The summed E-state index contributed by atoms with van der Waals surface area (Å²) >= 11 is 0. The molecule has 0 aliphatic heterocycles. The maximum absolute atomic E-state index is 11.9. The standard InChI is InChI=1S/C7H13FN4/c8-3-5-12-7(2-1-4-9)10-6-11-12/h6H,1-5,9H2. The Morgan fingerprint density at radius 3 is 3.08 bits per heavy atom. The van der Waals surface area contributed by atoms with E-state index < -0.39 is 6.67 Å². The van der Waals surface area contributed by atoms with E-state index >= 15 is 0 Å². The molecule has 1 aromatic rings. The molecule has 1 heterocycles. The third kappa shape index (κ3) is 2.27. The third-order valence-corrected chi connectivity index (χ3v) is 1.60. The number of hydrogen-bond acceptors (Lipinski definition) is 3. The van der Waals surface area contributed by atoms with Crippen LogP contribution in [0.1, 0.15) is 12.2 Å². The Balaban J connectivity index is 2.51. The molecule has 0 spiro atoms. The zero-order chi connectivity index (χ0) is 8.81. The van der Waals surface area contributed by atoms with Gasteiger partial charge in [0.1, 0.15) is 18.8 Å². The first-order valence-electron chi connectivity index (χ1n) is 4.01. The first kappa shape index (κ1) is 9.12. The van der Waals surface area contributed by atoms with Gasteiger partial charge in [-0.1, -0.05) is 0 Å². The van der Waals surface area contributed by atoms with Gasteiger partial charge in [0.15, 0.2) is 0 Å². The summed E-state index contributed by atoms with van der Waals surface area (Å²) in [7, 11) is 0. The Hall–Kier alpha value is -0.970. The second kappa shape index (κ2) is 4.82. The van der Waals surface area contributed by atoms with Gasteiger partial charge in [-0.2, -0.15) is 5.10 Å². The normalized spacial score (nSPS) is 10.5. The fourth-order valence-corrected chi connectivity index (χ4v) is 1.01. The average Bonchev–Trinajstić information content (AvgIpc) is 2.50. The maximum Gasteiger partial charge on any atom is 0.138 e. The molecular weight excluding hydrogens is 159 g/mol. The van der Waals surface area contributed by atoms with E-state index in [1.54, 1.807) is 4.68 Å². The van der Waals surface area contributed by atoms with Crippen molar-refractivity contribution in [2.24, 2.45) is 5.73 Å². The van der Waals surface area contributed by atoms with Crippen LogP contribution in [0.25, 0.3) is 0 Å². The molecule has 0 radical (unpaired) electrons. The van der Waals surface area contributed by atoms with E-state index in [1.165, 1.54) is 6.33 Å². The van der Waals surface area contributed by atoms with Gasteiger partial charge in [0.2, 0.25) is 0 Å². The second-order valence-corrected chi connectivity index (χ2v) is 2.48. The molecule has 5 heteroatoms. The summed E-state index contributed by atoms with van der Waals surface area (Å²) in [5.41, 5.74) is 5.34. The molecule has 0 aromatic carbocycles. The predicted octanol–water partition coefficient (Wildman–Crippen LogP) is 0.139. The number of halogens is 1. The molecule has 0 aliphatic rings. The lowest BCUT2D eigenvalue weighted by Crippen LogP contribution is -2.09. The molecule has 0 saturated carbocycles. The quantitative estimate of drug-likeness (QED) is 0.687. The van der Waals surface area contributed by atoms with Gasteiger partial charge < -0.3 is 5.73 Å². The summed E-state index contributed by atoms with van der Waals surface area (Å²) in [5.74, 6) is 0.818. The first-order valence-corrected chi connectivity index (χ1v) is 4.01. The van der Waals surface area contributed by atoms with Crippen LogP contribution in [-0.2, 0) is 13.0 Å². The van der Waals surface area contributed by atoms with E-state index in [0.717, 1.165) is 18.7 Å². The molecule has 2 N–H and O–H groups in total. The molecule has 0 saturated heterocycles. The van der Waals surface area contributed by atoms with Crippen molar-refractivity contribution < 1.29 is 4.39 Å². The largest absolute Gasteiger partial charge is 0.330 e. The van der Waals surface area contributed by atoms with Crippen LogP contribution in [0.4, 0.5) is 4.39 Å². The van der Waals surface area contributed by atoms with Gasteiger partial charge in [0.25, 0.3) is 0 Å². The van der Waals surface area contributed by atoms with E-state index in [4.69, 9.17) is 5.73 Å². The van der Waals surface area contributed by atoms with Crippen LogP contribution < -0.4 is 5.73 Å². The summed E-state index contributed by atoms with van der Waals surface area (Å²) in [5, 5.41) is 3.88. The van der Waals surface area contributed by atoms with Crippen LogP contribution in [0, 0.1) is 0 Å². The van der Waals surface area contributed by atoms with E-state index in [2.05, 4.69) is 10.1 Å². The smallest absolute Gasteiger partial charge is 0.138 e. The minimum atomic E-state index is -0.404. The first-order chi connectivity index (χ1) is 5.88. The van der Waals surface area contributed by atoms with E-state index in [9.17, 15) is 4.39 Å². The molecule has 1 rings (SSSR count). The van der Waals surface area contributed by atoms with Crippen LogP contribution in [0.15, 0.2) is 6.33 Å². The number of nitrogens with two attached hydrogens (primary N) is 1. The highest BCUT2D eigenvalue weighted by atomic mass is 19.1. The van der Waals surface area contributed by atoms with Gasteiger partial charge in [0, 0.05) is 6.42 Å². The van der Waals surface area contributed by atoms with Crippen molar-refractivity contribution in [2.75, 3.05) is 13.2 Å². The Morgan fingerprint density at radius 1 is 1.58 bits per heavy atom. The van der Waals surface area contributed by atoms with E-state index in [0.29, 0.717) is 13.1 Å². The lowest BCUT2D eigenvalue weighted by atomic mass is 10.3. The van der Waals surface area contributed by atoms with Gasteiger partial charge in [0.05, 0.1) is 6.54 Å². The van der Waals surface area contributed by atoms with Crippen molar-refractivity contribution in [1.82, 2.24) is 14.8 Å². The maximum atomic E-state index is 11.9. The number of aryl methyl sites for hydroxylation is 2. The molecule has 0 fully saturated rings. The number of nitrogens with zero attached hydrogens (tertiary/aromatic N) is 3. The summed E-state index contributed by atoms with van der Waals surface area (Å²) in [6, 6.07) is 0. The molecule has 4 nitrogen and oxygen atoms in total. The van der Waals surface area contributed by atoms with Crippen molar-refractivity contribution >= 4 is 0 Å². The molecule has 0 atom stereocenters. The minimum absolute atomic E-state index is 0.292. The third-order valence-electron chi connectivity index (χ3n) is 1.60. The Morgan fingerprint density at radius 2 is 2.42 bits per heavy atom. The van der Waals surface area contributed by atoms with Crippen molar-refractivity contribution in [1.29, 1.82) is 0 Å². The van der Waals surface area contributed by atoms with Crippen LogP contribution in [0.5, 0.6) is 0 Å². The highest BCUT2D eigenvalue weighted by Crippen LogP contribution is 1.97. The zero-order valence-corrected chi connectivity index (χ0v) is 6.91. The molecule has 0 unspecified atom stereocenters. The van der Waals surface area contributed by atoms with Crippen LogP contribution in [0.2, 0.25) is 0 Å². The summed E-state index contributed by atoms with van der Waals surface area (Å²) in [4.78, 5) is 4.00. The molecule has 1 aromatic heterocycles. The van der Waals surface area contributed by atoms with Gasteiger partial charge in [-0.15, -0.1) is 0 Å². The number of hydrogen-bond donors (Lipinski definition) is 1. The van der Waals surface area contributed by atoms with Gasteiger partial charge in [-0.05, 0) is 13.0 Å². The monoisotopic (exact) mass is 172 g/mol. The van der Waals surface area contributed by atoms with Crippen molar-refractivity contribution in [3.05, 3.63) is 12.2 Å². The molecule has 0 bridgehead atoms. The summed E-state index contributed by atoms with van der Waals surface area (Å²) < 4.78 is 13.5. The Bertz CT molecular complexity index is 223. The fraction of sp³-hybridized carbons (Fsp3) is 0.714. The molecule has 0 amide bonds. The second-order valence-electron chi connectivity index (χ2n) is 2.48. The van der Waals surface area contributed by atoms with Gasteiger partial charge in [-0.25, -0.2) is 14.1 Å². The van der Waals surface area contributed by atoms with Crippen LogP contribution in [0.3, 0.4) is 0 Å². The molecular formula is C7H13FN4. The highest BCUT2D eigenvalue weighted by molar-refractivity contribution is 4.84. The molecule has 68 valence electrons. The number of alkyl halides is 1. The number of rotatable bonds is 5. The zero-order valence-electron chi connectivity index (χ0n) is 6.91. The van der Waals surface area contributed by atoms with Crippen LogP contribution >= 0.6 is 0 Å². The van der Waals surface area contributed by atoms with Crippen molar-refractivity contribution in [2.45, 2.75) is 19.4 Å². The minimum Gasteiger partial charge on any atom is -0.330 e. The lowest BCUT2D eigenvalue weighted by Gasteiger charge is -2.01. The van der Waals surface area contributed by atoms with Crippen molar-refractivity contribution in [3.8, 4) is 0 Å². The lowest BCUT2D eigenvalue weighted by molar-refractivity contribution is 0.418. The SMILES string of the molecule is NCCCc1ncnn1CCF. The topological polar surface area (TPSA) is 56.7 Å². The number of aromatic nitrogens is 3. The van der Waals surface area contributed by atoms with Gasteiger partial charge in [-0.3, -0.25) is 0 Å². The Kier molecular flexibility index (Phi) is 3.66. The van der Waals surface area contributed by atoms with Crippen LogP contribution in [-0.4, -0.2) is 28.0 Å². The van der Waals surface area contributed by atoms with E-state index in [1.807, 2.05) is 0 Å².